The quantitative estimate of drug-likeness (QED) is 0.421. The van der Waals surface area contributed by atoms with Gasteiger partial charge in [-0.25, -0.2) is 14.6 Å². The van der Waals surface area contributed by atoms with Gasteiger partial charge in [0.2, 0.25) is 0 Å². The maximum atomic E-state index is 12.8. The van der Waals surface area contributed by atoms with E-state index in [1.807, 2.05) is 36.9 Å². The molecular weight excluding hydrogens is 578 g/mol. The molecule has 234 valence electrons. The van der Waals surface area contributed by atoms with Crippen molar-refractivity contribution in [3.8, 4) is 0 Å². The molecule has 2 aliphatic rings. The minimum absolute atomic E-state index is 0.00219. The number of pyridine rings is 1. The number of aliphatic carboxylic acids is 2. The van der Waals surface area contributed by atoms with Gasteiger partial charge in [0.05, 0.1) is 11.8 Å². The van der Waals surface area contributed by atoms with E-state index in [2.05, 4.69) is 27.6 Å². The minimum atomic E-state index is -5.08. The van der Waals surface area contributed by atoms with Gasteiger partial charge in [0.1, 0.15) is 5.82 Å². The molecule has 1 aliphatic carbocycles. The van der Waals surface area contributed by atoms with Crippen LogP contribution < -0.4 is 10.2 Å². The SMILES string of the molecule is CN(C)c1nc2c(cc1C(=O)NCC1CC1)CCN(Cc1cnn(C)c1)CC2.O=C(O)C(F)(F)F.O=C(O)C(F)(F)F. The molecule has 3 N–H and O–H groups in total. The van der Waals surface area contributed by atoms with Crippen molar-refractivity contribution < 1.29 is 50.9 Å². The number of halogens is 6. The first-order valence-corrected chi connectivity index (χ1v) is 12.7. The van der Waals surface area contributed by atoms with Gasteiger partial charge in [0, 0.05) is 71.2 Å². The van der Waals surface area contributed by atoms with E-state index in [9.17, 15) is 31.1 Å². The number of rotatable bonds is 6. The van der Waals surface area contributed by atoms with Crippen LogP contribution in [-0.2, 0) is 36.0 Å². The molecule has 0 saturated heterocycles. The van der Waals surface area contributed by atoms with Gasteiger partial charge in [-0.05, 0) is 36.8 Å². The van der Waals surface area contributed by atoms with Crippen LogP contribution in [0.1, 0.15) is 40.0 Å². The van der Waals surface area contributed by atoms with Gasteiger partial charge in [0.25, 0.3) is 5.91 Å². The molecule has 2 aromatic heterocycles. The van der Waals surface area contributed by atoms with Crippen LogP contribution >= 0.6 is 0 Å². The number of amides is 1. The van der Waals surface area contributed by atoms with E-state index in [1.165, 1.54) is 24.0 Å². The Labute approximate surface area is 237 Å². The predicted molar refractivity (Wildman–Crippen MR) is 137 cm³/mol. The molecule has 0 bridgehead atoms. The first-order chi connectivity index (χ1) is 19.4. The first-order valence-electron chi connectivity index (χ1n) is 12.7. The van der Waals surface area contributed by atoms with E-state index in [-0.39, 0.29) is 5.91 Å². The summed E-state index contributed by atoms with van der Waals surface area (Å²) >= 11 is 0. The molecule has 1 amide bonds. The third-order valence-electron chi connectivity index (χ3n) is 6.10. The van der Waals surface area contributed by atoms with E-state index < -0.39 is 24.3 Å². The van der Waals surface area contributed by atoms with Crippen LogP contribution in [0.25, 0.3) is 0 Å². The zero-order valence-electron chi connectivity index (χ0n) is 23.1. The number of carboxylic acid groups (broad SMARTS) is 2. The number of alkyl halides is 6. The second-order valence-electron chi connectivity index (χ2n) is 9.92. The Morgan fingerprint density at radius 1 is 1.02 bits per heavy atom. The van der Waals surface area contributed by atoms with Gasteiger partial charge in [0.15, 0.2) is 0 Å². The Balaban J connectivity index is 0.000000367. The highest BCUT2D eigenvalue weighted by Gasteiger charge is 2.39. The molecule has 1 saturated carbocycles. The number of carbonyl (C=O) groups is 3. The largest absolute Gasteiger partial charge is 0.490 e. The van der Waals surface area contributed by atoms with E-state index in [0.717, 1.165) is 50.5 Å². The van der Waals surface area contributed by atoms with Crippen LogP contribution in [0.15, 0.2) is 18.5 Å². The lowest BCUT2D eigenvalue weighted by molar-refractivity contribution is -0.193. The average molecular weight is 611 g/mol. The predicted octanol–water partition coefficient (Wildman–Crippen LogP) is 2.89. The van der Waals surface area contributed by atoms with Crippen molar-refractivity contribution in [1.82, 2.24) is 25.0 Å². The minimum Gasteiger partial charge on any atom is -0.475 e. The Morgan fingerprint density at radius 2 is 1.57 bits per heavy atom. The third-order valence-corrected chi connectivity index (χ3v) is 6.10. The number of hydrogen-bond donors (Lipinski definition) is 3. The van der Waals surface area contributed by atoms with Gasteiger partial charge in [-0.2, -0.15) is 31.4 Å². The molecule has 2 aromatic rings. The second-order valence-corrected chi connectivity index (χ2v) is 9.92. The molecule has 0 spiro atoms. The molecule has 0 aromatic carbocycles. The van der Waals surface area contributed by atoms with Crippen LogP contribution in [0.5, 0.6) is 0 Å². The topological polar surface area (TPSA) is 141 Å². The summed E-state index contributed by atoms with van der Waals surface area (Å²) in [4.78, 5) is 39.9. The van der Waals surface area contributed by atoms with E-state index in [0.29, 0.717) is 11.5 Å². The number of nitrogens with zero attached hydrogens (tertiary/aromatic N) is 5. The normalized spacial score (nSPS) is 15.2. The van der Waals surface area contributed by atoms with Gasteiger partial charge in [-0.15, -0.1) is 0 Å². The number of nitrogens with one attached hydrogen (secondary N) is 1. The van der Waals surface area contributed by atoms with Crippen molar-refractivity contribution >= 4 is 23.7 Å². The number of anilines is 1. The average Bonchev–Trinajstić information content (AvgIpc) is 3.65. The van der Waals surface area contributed by atoms with Crippen LogP contribution in [0.2, 0.25) is 0 Å². The lowest BCUT2D eigenvalue weighted by atomic mass is 10.0. The fraction of sp³-hybridized carbons (Fsp3) is 0.560. The lowest BCUT2D eigenvalue weighted by Gasteiger charge is -2.19. The highest BCUT2D eigenvalue weighted by molar-refractivity contribution is 5.99. The lowest BCUT2D eigenvalue weighted by Crippen LogP contribution is -2.28. The van der Waals surface area contributed by atoms with E-state index in [4.69, 9.17) is 24.8 Å². The smallest absolute Gasteiger partial charge is 0.475 e. The van der Waals surface area contributed by atoms with E-state index >= 15 is 0 Å². The Kier molecular flexibility index (Phi) is 11.7. The molecule has 4 rings (SSSR count). The summed E-state index contributed by atoms with van der Waals surface area (Å²) in [5.41, 5.74) is 4.26. The maximum Gasteiger partial charge on any atom is 0.490 e. The number of carbonyl (C=O) groups excluding carboxylic acids is 1. The number of aryl methyl sites for hydroxylation is 1. The van der Waals surface area contributed by atoms with Crippen molar-refractivity contribution in [3.05, 3.63) is 40.8 Å². The Bertz CT molecular complexity index is 1220. The van der Waals surface area contributed by atoms with Crippen LogP contribution in [0.4, 0.5) is 32.2 Å². The van der Waals surface area contributed by atoms with Crippen LogP contribution in [-0.4, -0.2) is 93.8 Å². The molecule has 17 heteroatoms. The third kappa shape index (κ3) is 11.2. The number of aromatic nitrogens is 3. The molecule has 0 radical (unpaired) electrons. The fourth-order valence-corrected chi connectivity index (χ4v) is 3.80. The summed E-state index contributed by atoms with van der Waals surface area (Å²) in [6, 6.07) is 2.08. The van der Waals surface area contributed by atoms with Crippen molar-refractivity contribution in [2.24, 2.45) is 13.0 Å². The summed E-state index contributed by atoms with van der Waals surface area (Å²) in [5, 5.41) is 21.6. The fourth-order valence-electron chi connectivity index (χ4n) is 3.80. The highest BCUT2D eigenvalue weighted by Crippen LogP contribution is 2.28. The van der Waals surface area contributed by atoms with Gasteiger partial charge in [-0.3, -0.25) is 14.4 Å². The summed E-state index contributed by atoms with van der Waals surface area (Å²) in [6.45, 7) is 3.61. The zero-order valence-corrected chi connectivity index (χ0v) is 23.1. The summed E-state index contributed by atoms with van der Waals surface area (Å²) in [6.07, 6.45) is -1.88. The Hall–Kier alpha value is -3.89. The summed E-state index contributed by atoms with van der Waals surface area (Å²) < 4.78 is 65.3. The number of hydrogen-bond acceptors (Lipinski definition) is 7. The van der Waals surface area contributed by atoms with Gasteiger partial charge >= 0.3 is 24.3 Å². The van der Waals surface area contributed by atoms with Crippen molar-refractivity contribution in [2.75, 3.05) is 38.6 Å². The van der Waals surface area contributed by atoms with Crippen molar-refractivity contribution in [3.63, 3.8) is 0 Å². The van der Waals surface area contributed by atoms with Crippen molar-refractivity contribution in [2.45, 2.75) is 44.6 Å². The van der Waals surface area contributed by atoms with Crippen molar-refractivity contribution in [1.29, 1.82) is 0 Å². The standard InChI is InChI=1S/C21H30N6O.2C2HF3O2/c1-25(2)20-18(21(28)22-11-15-4-5-15)10-17-6-8-27(9-7-19(17)24-20)14-16-12-23-26(3)13-16;2*3-2(4,5)1(6)7/h10,12-13,15H,4-9,11,14H2,1-3H3,(H,22,28);2*(H,6,7). The molecule has 0 atom stereocenters. The molecule has 42 heavy (non-hydrogen) atoms. The Morgan fingerprint density at radius 3 is 2.02 bits per heavy atom. The molecule has 1 aliphatic heterocycles. The molecule has 1 fully saturated rings. The second kappa shape index (κ2) is 14.3. The van der Waals surface area contributed by atoms with Gasteiger partial charge < -0.3 is 20.4 Å². The highest BCUT2D eigenvalue weighted by atomic mass is 19.4. The first kappa shape index (κ1) is 34.3. The van der Waals surface area contributed by atoms with Crippen LogP contribution in [0, 0.1) is 5.92 Å². The summed E-state index contributed by atoms with van der Waals surface area (Å²) in [5.74, 6) is -4.07. The summed E-state index contributed by atoms with van der Waals surface area (Å²) in [7, 11) is 5.86. The maximum absolute atomic E-state index is 12.8. The van der Waals surface area contributed by atoms with Gasteiger partial charge in [-0.1, -0.05) is 0 Å². The molecule has 3 heterocycles. The number of carboxylic acids is 2. The van der Waals surface area contributed by atoms with Crippen LogP contribution in [0.3, 0.4) is 0 Å². The molecule has 0 unspecified atom stereocenters. The molecular formula is C25H32F6N6O5. The molecule has 11 nitrogen and oxygen atoms in total. The number of fused-ring (bicyclic) bond motifs is 1. The van der Waals surface area contributed by atoms with E-state index in [1.54, 1.807) is 0 Å². The zero-order chi connectivity index (χ0) is 31.8. The monoisotopic (exact) mass is 610 g/mol.